The Labute approximate surface area is 161 Å². The number of methoxy groups -OCH3 is 1. The summed E-state index contributed by atoms with van der Waals surface area (Å²) in [5, 5.41) is 3.74. The third-order valence-electron chi connectivity index (χ3n) is 5.26. The van der Waals surface area contributed by atoms with E-state index in [9.17, 15) is 4.79 Å². The fraction of sp³-hybridized carbons (Fsp3) is 0.524. The maximum absolute atomic E-state index is 12.3. The first-order valence-electron chi connectivity index (χ1n) is 9.72. The molecule has 2 heterocycles. The van der Waals surface area contributed by atoms with Crippen LogP contribution in [0.25, 0.3) is 0 Å². The van der Waals surface area contributed by atoms with Crippen LogP contribution in [0.3, 0.4) is 0 Å². The molecule has 0 radical (unpaired) electrons. The van der Waals surface area contributed by atoms with Crippen molar-refractivity contribution in [1.29, 1.82) is 0 Å². The topological polar surface area (TPSA) is 59.4 Å². The molecule has 1 aromatic heterocycles. The maximum Gasteiger partial charge on any atom is 0.293 e. The molecule has 1 N–H and O–H groups in total. The van der Waals surface area contributed by atoms with Crippen molar-refractivity contribution in [1.82, 2.24) is 14.9 Å². The number of nitrogens with zero attached hydrogens (tertiary/aromatic N) is 3. The Balaban J connectivity index is 1.52. The van der Waals surface area contributed by atoms with Gasteiger partial charge in [0.05, 0.1) is 7.11 Å². The third kappa shape index (κ3) is 5.10. The van der Waals surface area contributed by atoms with E-state index in [0.29, 0.717) is 17.9 Å². The molecule has 6 nitrogen and oxygen atoms in total. The lowest BCUT2D eigenvalue weighted by molar-refractivity contribution is 0.372. The number of piperidine rings is 1. The van der Waals surface area contributed by atoms with E-state index in [1.165, 1.54) is 5.56 Å². The molecule has 6 heteroatoms. The Bertz CT molecular complexity index is 788. The van der Waals surface area contributed by atoms with E-state index < -0.39 is 0 Å². The highest BCUT2D eigenvalue weighted by Crippen LogP contribution is 2.17. The Hall–Kier alpha value is -2.34. The summed E-state index contributed by atoms with van der Waals surface area (Å²) in [7, 11) is 3.46. The van der Waals surface area contributed by atoms with Gasteiger partial charge in [-0.15, -0.1) is 0 Å². The molecule has 0 unspecified atom stereocenters. The van der Waals surface area contributed by atoms with Crippen LogP contribution >= 0.6 is 0 Å². The lowest BCUT2D eigenvalue weighted by atomic mass is 10.0. The zero-order chi connectivity index (χ0) is 19.2. The summed E-state index contributed by atoms with van der Waals surface area (Å²) in [6.07, 6.45) is 7.72. The molecule has 0 amide bonds. The van der Waals surface area contributed by atoms with Crippen molar-refractivity contribution in [3.63, 3.8) is 0 Å². The monoisotopic (exact) mass is 370 g/mol. The molecular formula is C21H30N4O2. The van der Waals surface area contributed by atoms with E-state index >= 15 is 0 Å². The van der Waals surface area contributed by atoms with E-state index in [0.717, 1.165) is 44.5 Å². The van der Waals surface area contributed by atoms with Crippen LogP contribution in [0.4, 0.5) is 5.82 Å². The van der Waals surface area contributed by atoms with Crippen molar-refractivity contribution >= 4 is 5.82 Å². The first-order valence-corrected chi connectivity index (χ1v) is 9.72. The number of benzene rings is 1. The zero-order valence-corrected chi connectivity index (χ0v) is 16.5. The minimum Gasteiger partial charge on any atom is -0.497 e. The highest BCUT2D eigenvalue weighted by Gasteiger charge is 2.23. The van der Waals surface area contributed by atoms with Gasteiger partial charge in [0.25, 0.3) is 5.56 Å². The molecule has 0 saturated carbocycles. The molecule has 146 valence electrons. The zero-order valence-electron chi connectivity index (χ0n) is 16.5. The molecule has 1 fully saturated rings. The van der Waals surface area contributed by atoms with Gasteiger partial charge in [0.15, 0.2) is 5.82 Å². The van der Waals surface area contributed by atoms with Crippen molar-refractivity contribution in [3.8, 4) is 5.75 Å². The normalized spacial score (nSPS) is 18.3. The fourth-order valence-corrected chi connectivity index (χ4v) is 3.67. The number of hydrogen-bond acceptors (Lipinski definition) is 5. The number of hydrogen-bond donors (Lipinski definition) is 1. The quantitative estimate of drug-likeness (QED) is 0.811. The lowest BCUT2D eigenvalue weighted by Crippen LogP contribution is -2.50. The number of anilines is 1. The summed E-state index contributed by atoms with van der Waals surface area (Å²) in [5.74, 6) is 1.46. The van der Waals surface area contributed by atoms with Crippen molar-refractivity contribution < 1.29 is 4.74 Å². The Morgan fingerprint density at radius 3 is 2.85 bits per heavy atom. The van der Waals surface area contributed by atoms with Crippen LogP contribution in [0.15, 0.2) is 41.5 Å². The molecular weight excluding hydrogens is 340 g/mol. The van der Waals surface area contributed by atoms with Crippen molar-refractivity contribution in [2.24, 2.45) is 7.05 Å². The smallest absolute Gasteiger partial charge is 0.293 e. The minimum atomic E-state index is -0.0225. The van der Waals surface area contributed by atoms with Crippen LogP contribution in [0, 0.1) is 0 Å². The Morgan fingerprint density at radius 2 is 2.11 bits per heavy atom. The van der Waals surface area contributed by atoms with Gasteiger partial charge in [0.2, 0.25) is 0 Å². The SMILES string of the molecule is COc1ccc(CC[C@H](C)N[C@H]2CCCN(c3nccn(C)c3=O)C2)cc1. The van der Waals surface area contributed by atoms with Crippen LogP contribution < -0.4 is 20.5 Å². The second kappa shape index (κ2) is 9.04. The number of rotatable bonds is 7. The predicted octanol–water partition coefficient (Wildman–Crippen LogP) is 2.37. The molecule has 3 rings (SSSR count). The van der Waals surface area contributed by atoms with Gasteiger partial charge < -0.3 is 19.5 Å². The van der Waals surface area contributed by atoms with E-state index in [4.69, 9.17) is 4.74 Å². The van der Waals surface area contributed by atoms with E-state index in [-0.39, 0.29) is 5.56 Å². The second-order valence-electron chi connectivity index (χ2n) is 7.41. The number of nitrogens with one attached hydrogen (secondary N) is 1. The predicted molar refractivity (Wildman–Crippen MR) is 109 cm³/mol. The molecule has 1 aromatic carbocycles. The Kier molecular flexibility index (Phi) is 6.50. The highest BCUT2D eigenvalue weighted by molar-refractivity contribution is 5.36. The van der Waals surface area contributed by atoms with Crippen LogP contribution in [0.2, 0.25) is 0 Å². The summed E-state index contributed by atoms with van der Waals surface area (Å²) in [6, 6.07) is 9.09. The molecule has 1 aliphatic heterocycles. The maximum atomic E-state index is 12.3. The van der Waals surface area contributed by atoms with Gasteiger partial charge in [-0.05, 0) is 50.3 Å². The molecule has 2 aromatic rings. The van der Waals surface area contributed by atoms with Crippen molar-refractivity contribution in [2.45, 2.75) is 44.7 Å². The average Bonchev–Trinajstić information content (AvgIpc) is 2.69. The summed E-state index contributed by atoms with van der Waals surface area (Å²) in [6.45, 7) is 3.96. The largest absolute Gasteiger partial charge is 0.497 e. The standard InChI is InChI=1S/C21H30N4O2/c1-16(6-7-17-8-10-19(27-3)11-9-17)23-18-5-4-13-25(15-18)20-21(26)24(2)14-12-22-20/h8-12,14,16,18,23H,4-7,13,15H2,1-3H3/t16-,18-/m0/s1. The van der Waals surface area contributed by atoms with Crippen LogP contribution in [0.1, 0.15) is 31.7 Å². The van der Waals surface area contributed by atoms with E-state index in [1.807, 2.05) is 12.1 Å². The van der Waals surface area contributed by atoms with Gasteiger partial charge in [-0.2, -0.15) is 0 Å². The summed E-state index contributed by atoms with van der Waals surface area (Å²) in [4.78, 5) is 18.8. The molecule has 1 aliphatic rings. The lowest BCUT2D eigenvalue weighted by Gasteiger charge is -2.35. The molecule has 2 atom stereocenters. The summed E-state index contributed by atoms with van der Waals surface area (Å²) < 4.78 is 6.81. The Morgan fingerprint density at radius 1 is 1.33 bits per heavy atom. The van der Waals surface area contributed by atoms with Crippen LogP contribution in [0.5, 0.6) is 5.75 Å². The third-order valence-corrected chi connectivity index (χ3v) is 5.26. The van der Waals surface area contributed by atoms with Gasteiger partial charge in [-0.1, -0.05) is 12.1 Å². The van der Waals surface area contributed by atoms with E-state index in [2.05, 4.69) is 34.3 Å². The molecule has 0 aliphatic carbocycles. The van der Waals surface area contributed by atoms with Gasteiger partial charge in [0, 0.05) is 44.6 Å². The minimum absolute atomic E-state index is 0.0225. The number of aryl methyl sites for hydroxylation is 2. The summed E-state index contributed by atoms with van der Waals surface area (Å²) >= 11 is 0. The van der Waals surface area contributed by atoms with Crippen molar-refractivity contribution in [3.05, 3.63) is 52.6 Å². The molecule has 27 heavy (non-hydrogen) atoms. The van der Waals surface area contributed by atoms with Crippen LogP contribution in [-0.2, 0) is 13.5 Å². The van der Waals surface area contributed by atoms with Gasteiger partial charge in [0.1, 0.15) is 5.75 Å². The van der Waals surface area contributed by atoms with Crippen LogP contribution in [-0.4, -0.2) is 41.8 Å². The summed E-state index contributed by atoms with van der Waals surface area (Å²) in [5.41, 5.74) is 1.30. The first kappa shape index (κ1) is 19.4. The average molecular weight is 370 g/mol. The van der Waals surface area contributed by atoms with Crippen molar-refractivity contribution in [2.75, 3.05) is 25.1 Å². The molecule has 1 saturated heterocycles. The number of aromatic nitrogens is 2. The van der Waals surface area contributed by atoms with Gasteiger partial charge >= 0.3 is 0 Å². The van der Waals surface area contributed by atoms with E-state index in [1.54, 1.807) is 31.1 Å². The highest BCUT2D eigenvalue weighted by atomic mass is 16.5. The second-order valence-corrected chi connectivity index (χ2v) is 7.41. The fourth-order valence-electron chi connectivity index (χ4n) is 3.67. The van der Waals surface area contributed by atoms with Gasteiger partial charge in [-0.3, -0.25) is 4.79 Å². The molecule has 0 bridgehead atoms. The van der Waals surface area contributed by atoms with Gasteiger partial charge in [-0.25, -0.2) is 4.98 Å². The number of ether oxygens (including phenoxy) is 1. The first-order chi connectivity index (χ1) is 13.1. The molecule has 0 spiro atoms.